The maximum absolute atomic E-state index is 5.35. The molecule has 0 aliphatic carbocycles. The van der Waals surface area contributed by atoms with Crippen LogP contribution in [0.1, 0.15) is 28.4 Å². The van der Waals surface area contributed by atoms with Crippen molar-refractivity contribution in [2.24, 2.45) is 0 Å². The minimum Gasteiger partial charge on any atom is -0.497 e. The van der Waals surface area contributed by atoms with Crippen LogP contribution in [0.3, 0.4) is 0 Å². The molecule has 3 nitrogen and oxygen atoms in total. The van der Waals surface area contributed by atoms with Gasteiger partial charge in [-0.25, -0.2) is 0 Å². The van der Waals surface area contributed by atoms with Gasteiger partial charge in [-0.05, 0) is 61.7 Å². The molecule has 3 aromatic rings. The van der Waals surface area contributed by atoms with E-state index in [-0.39, 0.29) is 0 Å². The van der Waals surface area contributed by atoms with Gasteiger partial charge in [-0.2, -0.15) is 0 Å². The Bertz CT molecular complexity index is 850. The monoisotopic (exact) mass is 306 g/mol. The third-order valence-corrected chi connectivity index (χ3v) is 4.78. The summed E-state index contributed by atoms with van der Waals surface area (Å²) in [5, 5.41) is 5.05. The van der Waals surface area contributed by atoms with E-state index in [4.69, 9.17) is 4.74 Å². The number of nitrogens with one attached hydrogen (secondary N) is 2. The van der Waals surface area contributed by atoms with Crippen molar-refractivity contribution in [3.63, 3.8) is 0 Å². The minimum absolute atomic E-state index is 0.332. The maximum Gasteiger partial charge on any atom is 0.119 e. The highest BCUT2D eigenvalue weighted by atomic mass is 16.5. The van der Waals surface area contributed by atoms with Crippen LogP contribution in [-0.4, -0.2) is 18.6 Å². The Kier molecular flexibility index (Phi) is 3.58. The number of ether oxygens (including phenoxy) is 1. The number of benzene rings is 2. The van der Waals surface area contributed by atoms with Crippen LogP contribution in [0.15, 0.2) is 42.5 Å². The van der Waals surface area contributed by atoms with Crippen LogP contribution in [0, 0.1) is 6.92 Å². The largest absolute Gasteiger partial charge is 0.497 e. The second-order valence-electron chi connectivity index (χ2n) is 6.38. The van der Waals surface area contributed by atoms with E-state index in [0.717, 1.165) is 25.1 Å². The molecule has 1 unspecified atom stereocenters. The van der Waals surface area contributed by atoms with Gasteiger partial charge in [0.15, 0.2) is 0 Å². The molecule has 2 heterocycles. The lowest BCUT2D eigenvalue weighted by atomic mass is 9.94. The highest BCUT2D eigenvalue weighted by Gasteiger charge is 2.24. The van der Waals surface area contributed by atoms with E-state index in [1.807, 2.05) is 6.07 Å². The van der Waals surface area contributed by atoms with E-state index < -0.39 is 0 Å². The highest BCUT2D eigenvalue weighted by Crippen LogP contribution is 2.32. The summed E-state index contributed by atoms with van der Waals surface area (Å²) >= 11 is 0. The van der Waals surface area contributed by atoms with Gasteiger partial charge in [0.1, 0.15) is 5.75 Å². The van der Waals surface area contributed by atoms with Gasteiger partial charge in [-0.1, -0.05) is 23.8 Å². The van der Waals surface area contributed by atoms with E-state index >= 15 is 0 Å². The summed E-state index contributed by atoms with van der Waals surface area (Å²) in [7, 11) is 1.72. The third kappa shape index (κ3) is 2.62. The molecule has 3 heteroatoms. The number of aryl methyl sites for hydroxylation is 1. The molecule has 4 rings (SSSR count). The maximum atomic E-state index is 5.35. The molecule has 118 valence electrons. The number of methoxy groups -OCH3 is 1. The van der Waals surface area contributed by atoms with Crippen LogP contribution in [0.2, 0.25) is 0 Å². The number of aromatic nitrogens is 1. The summed E-state index contributed by atoms with van der Waals surface area (Å²) in [5.41, 5.74) is 6.70. The topological polar surface area (TPSA) is 37.0 Å². The fourth-order valence-electron chi connectivity index (χ4n) is 3.63. The van der Waals surface area contributed by atoms with Gasteiger partial charge in [0.05, 0.1) is 13.2 Å². The van der Waals surface area contributed by atoms with Crippen molar-refractivity contribution in [3.05, 3.63) is 64.8 Å². The number of rotatable bonds is 3. The zero-order chi connectivity index (χ0) is 15.8. The Hall–Kier alpha value is -2.26. The molecular formula is C20H22N2O. The second kappa shape index (κ2) is 5.74. The normalized spacial score (nSPS) is 17.2. The third-order valence-electron chi connectivity index (χ3n) is 4.78. The molecule has 0 saturated heterocycles. The van der Waals surface area contributed by atoms with Crippen LogP contribution in [0.25, 0.3) is 10.9 Å². The van der Waals surface area contributed by atoms with Gasteiger partial charge in [0.2, 0.25) is 0 Å². The van der Waals surface area contributed by atoms with Crippen molar-refractivity contribution in [3.8, 4) is 5.75 Å². The van der Waals surface area contributed by atoms with Crippen molar-refractivity contribution in [2.75, 3.05) is 13.7 Å². The number of hydrogen-bond acceptors (Lipinski definition) is 2. The Morgan fingerprint density at radius 3 is 2.96 bits per heavy atom. The molecule has 2 N–H and O–H groups in total. The average Bonchev–Trinajstić information content (AvgIpc) is 2.94. The zero-order valence-electron chi connectivity index (χ0n) is 13.6. The molecule has 2 aromatic carbocycles. The first-order valence-electron chi connectivity index (χ1n) is 8.22. The van der Waals surface area contributed by atoms with Gasteiger partial charge < -0.3 is 15.0 Å². The van der Waals surface area contributed by atoms with Crippen LogP contribution in [0.5, 0.6) is 5.75 Å². The van der Waals surface area contributed by atoms with E-state index in [1.165, 1.54) is 33.3 Å². The van der Waals surface area contributed by atoms with E-state index in [9.17, 15) is 0 Å². The van der Waals surface area contributed by atoms with E-state index in [2.05, 4.69) is 53.6 Å². The van der Waals surface area contributed by atoms with Crippen LogP contribution >= 0.6 is 0 Å². The molecule has 0 spiro atoms. The van der Waals surface area contributed by atoms with Gasteiger partial charge in [0.25, 0.3) is 0 Å². The number of hydrogen-bond donors (Lipinski definition) is 2. The van der Waals surface area contributed by atoms with Crippen LogP contribution in [-0.2, 0) is 12.8 Å². The molecule has 1 aromatic heterocycles. The van der Waals surface area contributed by atoms with Gasteiger partial charge in [0, 0.05) is 16.6 Å². The van der Waals surface area contributed by atoms with Gasteiger partial charge >= 0.3 is 0 Å². The first kappa shape index (κ1) is 14.3. The van der Waals surface area contributed by atoms with Gasteiger partial charge in [-0.15, -0.1) is 0 Å². The van der Waals surface area contributed by atoms with Crippen LogP contribution < -0.4 is 10.1 Å². The predicted octanol–water partition coefficient (Wildman–Crippen LogP) is 3.91. The molecule has 1 aliphatic rings. The van der Waals surface area contributed by atoms with E-state index in [1.54, 1.807) is 7.11 Å². The molecule has 1 atom stereocenters. The lowest BCUT2D eigenvalue weighted by Crippen LogP contribution is -2.31. The SMILES string of the molecule is COc1cccc(CC2NCCc3c2[nH]c2ccc(C)cc32)c1. The average molecular weight is 306 g/mol. The Balaban J connectivity index is 1.71. The number of aromatic amines is 1. The lowest BCUT2D eigenvalue weighted by molar-refractivity contribution is 0.413. The van der Waals surface area contributed by atoms with Gasteiger partial charge in [-0.3, -0.25) is 0 Å². The molecule has 0 saturated carbocycles. The second-order valence-corrected chi connectivity index (χ2v) is 6.38. The van der Waals surface area contributed by atoms with Crippen molar-refractivity contribution in [1.29, 1.82) is 0 Å². The van der Waals surface area contributed by atoms with Crippen molar-refractivity contribution in [2.45, 2.75) is 25.8 Å². The first-order valence-corrected chi connectivity index (χ1v) is 8.22. The molecule has 1 aliphatic heterocycles. The molecular weight excluding hydrogens is 284 g/mol. The van der Waals surface area contributed by atoms with Crippen LogP contribution in [0.4, 0.5) is 0 Å². The Morgan fingerprint density at radius 1 is 1.17 bits per heavy atom. The molecule has 0 bridgehead atoms. The highest BCUT2D eigenvalue weighted by molar-refractivity contribution is 5.85. The fraction of sp³-hybridized carbons (Fsp3) is 0.300. The Labute approximate surface area is 136 Å². The smallest absolute Gasteiger partial charge is 0.119 e. The van der Waals surface area contributed by atoms with Crippen molar-refractivity contribution < 1.29 is 4.74 Å². The lowest BCUT2D eigenvalue weighted by Gasteiger charge is -2.24. The summed E-state index contributed by atoms with van der Waals surface area (Å²) in [5.74, 6) is 0.922. The minimum atomic E-state index is 0.332. The summed E-state index contributed by atoms with van der Waals surface area (Å²) in [6.07, 6.45) is 2.06. The van der Waals surface area contributed by atoms with E-state index in [0.29, 0.717) is 6.04 Å². The number of H-pyrrole nitrogens is 1. The standard InChI is InChI=1S/C20H22N2O/c1-13-6-7-18-17(10-13)16-8-9-21-19(20(16)22-18)12-14-4-3-5-15(11-14)23-2/h3-7,10-11,19,21-22H,8-9,12H2,1-2H3. The molecule has 0 amide bonds. The summed E-state index contributed by atoms with van der Waals surface area (Å²) < 4.78 is 5.35. The zero-order valence-corrected chi connectivity index (χ0v) is 13.6. The summed E-state index contributed by atoms with van der Waals surface area (Å²) in [6.45, 7) is 3.19. The molecule has 0 fully saturated rings. The first-order chi connectivity index (χ1) is 11.2. The predicted molar refractivity (Wildman–Crippen MR) is 94.2 cm³/mol. The van der Waals surface area contributed by atoms with Crippen molar-refractivity contribution >= 4 is 10.9 Å². The quantitative estimate of drug-likeness (QED) is 0.769. The summed E-state index contributed by atoms with van der Waals surface area (Å²) in [4.78, 5) is 3.65. The van der Waals surface area contributed by atoms with Crippen molar-refractivity contribution in [1.82, 2.24) is 10.3 Å². The molecule has 23 heavy (non-hydrogen) atoms. The Morgan fingerprint density at radius 2 is 2.09 bits per heavy atom. The number of fused-ring (bicyclic) bond motifs is 3. The fourth-order valence-corrected chi connectivity index (χ4v) is 3.63. The molecule has 0 radical (unpaired) electrons. The summed E-state index contributed by atoms with van der Waals surface area (Å²) in [6, 6.07) is 15.4.